The van der Waals surface area contributed by atoms with Gasteiger partial charge in [-0.05, 0) is 39.0 Å². The van der Waals surface area contributed by atoms with Gasteiger partial charge in [-0.3, -0.25) is 14.3 Å². The highest BCUT2D eigenvalue weighted by atomic mass is 19.1. The van der Waals surface area contributed by atoms with Crippen molar-refractivity contribution in [2.45, 2.75) is 39.3 Å². The van der Waals surface area contributed by atoms with Crippen molar-refractivity contribution in [1.29, 1.82) is 0 Å². The standard InChI is InChI=1S/C28H26FN9O3/c1-27(2,26(40)41)14-37-13-16(11-32-37)28(3)19-21(30)33-23(34-22(19)35-25(28)39)20-17-8-6-10-31-24(17)38(36-20)12-15-7-4-5-9-18(15)29/h4-11,13H,12,14H2,1-3H3,(H,40,41)(H3,30,33,34,35,39). The quantitative estimate of drug-likeness (QED) is 0.273. The minimum absolute atomic E-state index is 0.0742. The van der Waals surface area contributed by atoms with Crippen LogP contribution in [0.15, 0.2) is 55.0 Å². The predicted molar refractivity (Wildman–Crippen MR) is 147 cm³/mol. The maximum absolute atomic E-state index is 14.4. The van der Waals surface area contributed by atoms with E-state index < -0.39 is 16.8 Å². The summed E-state index contributed by atoms with van der Waals surface area (Å²) in [7, 11) is 0. The van der Waals surface area contributed by atoms with E-state index in [9.17, 15) is 19.1 Å². The molecule has 5 heterocycles. The Kier molecular flexibility index (Phi) is 5.83. The number of nitrogens with one attached hydrogen (secondary N) is 1. The minimum atomic E-state index is -1.27. The van der Waals surface area contributed by atoms with E-state index in [1.807, 2.05) is 6.07 Å². The topological polar surface area (TPSA) is 167 Å². The molecule has 0 saturated heterocycles. The summed E-state index contributed by atoms with van der Waals surface area (Å²) in [5, 5.41) is 21.9. The number of carboxylic acid groups (broad SMARTS) is 1. The molecule has 0 bridgehead atoms. The third-order valence-electron chi connectivity index (χ3n) is 7.47. The summed E-state index contributed by atoms with van der Waals surface area (Å²) in [5.74, 6) is -1.21. The fourth-order valence-corrected chi connectivity index (χ4v) is 5.04. The highest BCUT2D eigenvalue weighted by Gasteiger charge is 2.48. The van der Waals surface area contributed by atoms with Gasteiger partial charge in [0, 0.05) is 23.5 Å². The van der Waals surface area contributed by atoms with Crippen molar-refractivity contribution in [2.75, 3.05) is 11.1 Å². The van der Waals surface area contributed by atoms with Crippen LogP contribution in [0.1, 0.15) is 37.5 Å². The number of nitrogen functional groups attached to an aromatic ring is 1. The zero-order valence-corrected chi connectivity index (χ0v) is 22.5. The first-order valence-electron chi connectivity index (χ1n) is 12.8. The molecule has 6 rings (SSSR count). The second-order valence-corrected chi connectivity index (χ2v) is 10.8. The number of fused-ring (bicyclic) bond motifs is 2. The Morgan fingerprint density at radius 2 is 1.98 bits per heavy atom. The first kappa shape index (κ1) is 26.0. The number of aliphatic carboxylic acids is 1. The van der Waals surface area contributed by atoms with Gasteiger partial charge >= 0.3 is 5.97 Å². The van der Waals surface area contributed by atoms with Crippen LogP contribution in [0.3, 0.4) is 0 Å². The van der Waals surface area contributed by atoms with E-state index in [-0.39, 0.29) is 42.3 Å². The van der Waals surface area contributed by atoms with Crippen molar-refractivity contribution in [3.05, 3.63) is 77.5 Å². The van der Waals surface area contributed by atoms with Gasteiger partial charge in [-0.1, -0.05) is 18.2 Å². The Hall–Kier alpha value is -5.20. The van der Waals surface area contributed by atoms with E-state index in [0.717, 1.165) is 0 Å². The molecule has 1 aliphatic rings. The van der Waals surface area contributed by atoms with Crippen LogP contribution >= 0.6 is 0 Å². The monoisotopic (exact) mass is 555 g/mol. The number of benzene rings is 1. The number of hydrogen-bond acceptors (Lipinski definition) is 8. The van der Waals surface area contributed by atoms with Crippen LogP contribution in [-0.2, 0) is 28.1 Å². The molecule has 0 radical (unpaired) electrons. The maximum Gasteiger partial charge on any atom is 0.310 e. The van der Waals surface area contributed by atoms with Crippen molar-refractivity contribution < 1.29 is 19.1 Å². The van der Waals surface area contributed by atoms with Crippen molar-refractivity contribution in [1.82, 2.24) is 34.5 Å². The number of carbonyl (C=O) groups excluding carboxylic acids is 1. The largest absolute Gasteiger partial charge is 0.481 e. The number of amides is 1. The number of nitrogens with two attached hydrogens (primary N) is 1. The molecule has 13 heteroatoms. The summed E-state index contributed by atoms with van der Waals surface area (Å²) in [4.78, 5) is 38.6. The second-order valence-electron chi connectivity index (χ2n) is 10.8. The molecule has 5 aromatic rings. The Bertz CT molecular complexity index is 1860. The van der Waals surface area contributed by atoms with Crippen molar-refractivity contribution in [3.63, 3.8) is 0 Å². The van der Waals surface area contributed by atoms with E-state index in [1.54, 1.807) is 62.1 Å². The summed E-state index contributed by atoms with van der Waals surface area (Å²) >= 11 is 0. The van der Waals surface area contributed by atoms with Crippen LogP contribution in [0, 0.1) is 11.2 Å². The summed E-state index contributed by atoms with van der Waals surface area (Å²) in [6.45, 7) is 5.13. The first-order valence-corrected chi connectivity index (χ1v) is 12.8. The predicted octanol–water partition coefficient (Wildman–Crippen LogP) is 3.22. The molecule has 4 aromatic heterocycles. The van der Waals surface area contributed by atoms with Gasteiger partial charge in [-0.2, -0.15) is 10.2 Å². The van der Waals surface area contributed by atoms with Crippen molar-refractivity contribution in [2.24, 2.45) is 5.41 Å². The van der Waals surface area contributed by atoms with Gasteiger partial charge in [-0.15, -0.1) is 0 Å². The summed E-state index contributed by atoms with van der Waals surface area (Å²) in [6, 6.07) is 9.99. The van der Waals surface area contributed by atoms with Gasteiger partial charge in [0.15, 0.2) is 11.5 Å². The van der Waals surface area contributed by atoms with Crippen LogP contribution in [0.2, 0.25) is 0 Å². The SMILES string of the molecule is CC(C)(Cn1cc(C2(C)C(=O)Nc3nc(-c4nn(Cc5ccccc5F)c5ncccc45)nc(N)c32)cn1)C(=O)O. The summed E-state index contributed by atoms with van der Waals surface area (Å²) in [6.07, 6.45) is 4.77. The van der Waals surface area contributed by atoms with Crippen LogP contribution in [0.25, 0.3) is 22.6 Å². The van der Waals surface area contributed by atoms with Gasteiger partial charge in [0.2, 0.25) is 5.91 Å². The molecule has 0 fully saturated rings. The van der Waals surface area contributed by atoms with Crippen LogP contribution in [0.4, 0.5) is 16.0 Å². The molecule has 4 N–H and O–H groups in total. The molecule has 0 spiro atoms. The lowest BCUT2D eigenvalue weighted by atomic mass is 9.79. The highest BCUT2D eigenvalue weighted by Crippen LogP contribution is 2.45. The summed E-state index contributed by atoms with van der Waals surface area (Å²) in [5.41, 5.74) is 6.39. The number of carbonyl (C=O) groups is 2. The lowest BCUT2D eigenvalue weighted by molar-refractivity contribution is -0.147. The Morgan fingerprint density at radius 1 is 1.20 bits per heavy atom. The lowest BCUT2D eigenvalue weighted by Crippen LogP contribution is -2.33. The molecular weight excluding hydrogens is 529 g/mol. The van der Waals surface area contributed by atoms with Gasteiger partial charge in [-0.25, -0.2) is 24.0 Å². The Balaban J connectivity index is 1.41. The van der Waals surface area contributed by atoms with Gasteiger partial charge in [0.1, 0.15) is 28.6 Å². The number of rotatable bonds is 7. The molecule has 12 nitrogen and oxygen atoms in total. The Labute approximate surface area is 233 Å². The molecular formula is C28H26FN9O3. The first-order chi connectivity index (χ1) is 19.5. The average molecular weight is 556 g/mol. The van der Waals surface area contributed by atoms with E-state index in [2.05, 4.69) is 30.5 Å². The molecule has 1 atom stereocenters. The number of hydrogen-bond donors (Lipinski definition) is 3. The molecule has 1 amide bonds. The number of halogens is 1. The van der Waals surface area contributed by atoms with Crippen LogP contribution in [-0.4, -0.2) is 51.5 Å². The van der Waals surface area contributed by atoms with Crippen molar-refractivity contribution >= 4 is 34.5 Å². The third kappa shape index (κ3) is 4.17. The van der Waals surface area contributed by atoms with Gasteiger partial charge in [0.25, 0.3) is 0 Å². The van der Waals surface area contributed by atoms with Gasteiger partial charge in [0.05, 0.1) is 35.7 Å². The van der Waals surface area contributed by atoms with E-state index in [4.69, 9.17) is 5.73 Å². The summed E-state index contributed by atoms with van der Waals surface area (Å²) < 4.78 is 17.5. The third-order valence-corrected chi connectivity index (χ3v) is 7.47. The fourth-order valence-electron chi connectivity index (χ4n) is 5.04. The highest BCUT2D eigenvalue weighted by molar-refractivity contribution is 6.09. The van der Waals surface area contributed by atoms with Gasteiger partial charge < -0.3 is 16.2 Å². The number of carboxylic acids is 1. The van der Waals surface area contributed by atoms with Crippen LogP contribution < -0.4 is 11.1 Å². The van der Waals surface area contributed by atoms with E-state index in [0.29, 0.717) is 33.4 Å². The minimum Gasteiger partial charge on any atom is -0.481 e. The zero-order valence-electron chi connectivity index (χ0n) is 22.5. The molecule has 0 saturated carbocycles. The van der Waals surface area contributed by atoms with Crippen molar-refractivity contribution in [3.8, 4) is 11.5 Å². The number of nitrogens with zero attached hydrogens (tertiary/aromatic N) is 7. The molecule has 1 aliphatic heterocycles. The number of aromatic nitrogens is 7. The Morgan fingerprint density at radius 3 is 2.73 bits per heavy atom. The molecule has 1 aromatic carbocycles. The maximum atomic E-state index is 14.4. The second kappa shape index (κ2) is 9.18. The normalized spacial score (nSPS) is 16.6. The van der Waals surface area contributed by atoms with Crippen LogP contribution in [0.5, 0.6) is 0 Å². The number of pyridine rings is 1. The van der Waals surface area contributed by atoms with E-state index >= 15 is 0 Å². The fraction of sp³-hybridized carbons (Fsp3) is 0.250. The van der Waals surface area contributed by atoms with E-state index in [1.165, 1.54) is 16.9 Å². The molecule has 1 unspecified atom stereocenters. The molecule has 208 valence electrons. The lowest BCUT2D eigenvalue weighted by Gasteiger charge is -2.22. The smallest absolute Gasteiger partial charge is 0.310 e. The zero-order chi connectivity index (χ0) is 29.1. The average Bonchev–Trinajstić information content (AvgIpc) is 3.61. The molecule has 0 aliphatic carbocycles. The molecule has 41 heavy (non-hydrogen) atoms. The number of anilines is 2.